The second kappa shape index (κ2) is 8.44. The van der Waals surface area contributed by atoms with Crippen LogP contribution in [0.5, 0.6) is 0 Å². The molecule has 5 rings (SSSR count). The molecule has 8 nitrogen and oxygen atoms in total. The van der Waals surface area contributed by atoms with E-state index in [1.165, 1.54) is 12.8 Å². The standard InChI is InChI=1S/C21H33N7O/c1-2-22-20(28-14-16-17(15-28)19-5-4-18(16)29-19)25-8-9-26-10-12-27(13-11-26)21-23-6-3-7-24-21/h3,6-7,16-19H,2,4-5,8-15H2,1H3,(H,22,25). The van der Waals surface area contributed by atoms with E-state index in [0.29, 0.717) is 24.0 Å². The van der Waals surface area contributed by atoms with Gasteiger partial charge in [0.2, 0.25) is 5.95 Å². The topological polar surface area (TPSA) is 69.1 Å². The molecule has 2 bridgehead atoms. The lowest BCUT2D eigenvalue weighted by Gasteiger charge is -2.34. The molecular weight excluding hydrogens is 366 g/mol. The van der Waals surface area contributed by atoms with E-state index in [9.17, 15) is 0 Å². The number of hydrogen-bond donors (Lipinski definition) is 1. The minimum absolute atomic E-state index is 0.503. The Bertz CT molecular complexity index is 688. The molecule has 4 fully saturated rings. The van der Waals surface area contributed by atoms with E-state index in [2.05, 4.69) is 36.9 Å². The van der Waals surface area contributed by atoms with Gasteiger partial charge in [-0.1, -0.05) is 0 Å². The molecule has 158 valence electrons. The number of hydrogen-bond acceptors (Lipinski definition) is 6. The van der Waals surface area contributed by atoms with Gasteiger partial charge in [-0.15, -0.1) is 0 Å². The number of fused-ring (bicyclic) bond motifs is 5. The van der Waals surface area contributed by atoms with Crippen molar-refractivity contribution in [3.8, 4) is 0 Å². The minimum Gasteiger partial charge on any atom is -0.374 e. The van der Waals surface area contributed by atoms with Gasteiger partial charge in [0, 0.05) is 76.6 Å². The van der Waals surface area contributed by atoms with Crippen LogP contribution in [0.25, 0.3) is 0 Å². The normalized spacial score (nSPS) is 32.1. The average molecular weight is 400 g/mol. The van der Waals surface area contributed by atoms with Crippen molar-refractivity contribution in [3.05, 3.63) is 18.5 Å². The highest BCUT2D eigenvalue weighted by Gasteiger charge is 2.53. The molecule has 0 spiro atoms. The van der Waals surface area contributed by atoms with Gasteiger partial charge >= 0.3 is 0 Å². The summed E-state index contributed by atoms with van der Waals surface area (Å²) in [5.41, 5.74) is 0. The Morgan fingerprint density at radius 2 is 1.79 bits per heavy atom. The van der Waals surface area contributed by atoms with Crippen LogP contribution in [-0.4, -0.2) is 96.8 Å². The fourth-order valence-electron chi connectivity index (χ4n) is 5.48. The maximum Gasteiger partial charge on any atom is 0.225 e. The molecule has 8 heteroatoms. The summed E-state index contributed by atoms with van der Waals surface area (Å²) in [5.74, 6) is 3.37. The van der Waals surface area contributed by atoms with Crippen LogP contribution in [0, 0.1) is 11.8 Å². The molecule has 4 saturated heterocycles. The number of anilines is 1. The number of aromatic nitrogens is 2. The number of nitrogens with zero attached hydrogens (tertiary/aromatic N) is 6. The number of rotatable bonds is 5. The SMILES string of the molecule is CCNC(=NCCN1CCN(c2ncccn2)CC1)N1CC2C3CCC(O3)C2C1. The first-order chi connectivity index (χ1) is 14.3. The monoisotopic (exact) mass is 399 g/mol. The molecule has 5 heterocycles. The molecule has 1 aromatic heterocycles. The maximum atomic E-state index is 6.12. The first-order valence-corrected chi connectivity index (χ1v) is 11.2. The Hall–Kier alpha value is -1.93. The van der Waals surface area contributed by atoms with E-state index in [4.69, 9.17) is 9.73 Å². The molecule has 0 radical (unpaired) electrons. The van der Waals surface area contributed by atoms with Gasteiger partial charge in [-0.2, -0.15) is 0 Å². The van der Waals surface area contributed by atoms with Crippen LogP contribution in [0.15, 0.2) is 23.5 Å². The first-order valence-electron chi connectivity index (χ1n) is 11.2. The van der Waals surface area contributed by atoms with E-state index in [0.717, 1.165) is 70.8 Å². The number of likely N-dealkylation sites (tertiary alicyclic amines) is 1. The van der Waals surface area contributed by atoms with Crippen molar-refractivity contribution in [2.45, 2.75) is 32.0 Å². The number of nitrogens with one attached hydrogen (secondary N) is 1. The largest absolute Gasteiger partial charge is 0.374 e. The van der Waals surface area contributed by atoms with Gasteiger partial charge in [0.25, 0.3) is 0 Å². The summed E-state index contributed by atoms with van der Waals surface area (Å²) in [6, 6.07) is 1.87. The van der Waals surface area contributed by atoms with Crippen molar-refractivity contribution in [3.63, 3.8) is 0 Å². The van der Waals surface area contributed by atoms with Gasteiger partial charge in [-0.3, -0.25) is 9.89 Å². The van der Waals surface area contributed by atoms with Crippen molar-refractivity contribution in [1.82, 2.24) is 25.1 Å². The van der Waals surface area contributed by atoms with Gasteiger partial charge in [-0.05, 0) is 25.8 Å². The van der Waals surface area contributed by atoms with Crippen LogP contribution >= 0.6 is 0 Å². The molecule has 0 aliphatic carbocycles. The number of ether oxygens (including phenoxy) is 1. The number of piperazine rings is 1. The molecule has 29 heavy (non-hydrogen) atoms. The molecule has 4 aliphatic rings. The lowest BCUT2D eigenvalue weighted by Crippen LogP contribution is -2.48. The summed E-state index contributed by atoms with van der Waals surface area (Å²) in [6.45, 7) is 11.2. The summed E-state index contributed by atoms with van der Waals surface area (Å²) < 4.78 is 6.12. The average Bonchev–Trinajstić information content (AvgIpc) is 3.48. The predicted molar refractivity (Wildman–Crippen MR) is 113 cm³/mol. The Kier molecular flexibility index (Phi) is 5.54. The van der Waals surface area contributed by atoms with Crippen LogP contribution in [0.2, 0.25) is 0 Å². The van der Waals surface area contributed by atoms with E-state index in [1.54, 1.807) is 0 Å². The highest BCUT2D eigenvalue weighted by Crippen LogP contribution is 2.47. The highest BCUT2D eigenvalue weighted by atomic mass is 16.5. The van der Waals surface area contributed by atoms with Gasteiger partial charge in [0.05, 0.1) is 18.8 Å². The fraction of sp³-hybridized carbons (Fsp3) is 0.762. The molecule has 1 N–H and O–H groups in total. The van der Waals surface area contributed by atoms with Crippen molar-refractivity contribution in [2.24, 2.45) is 16.8 Å². The Morgan fingerprint density at radius 3 is 2.45 bits per heavy atom. The Balaban J connectivity index is 1.11. The van der Waals surface area contributed by atoms with Crippen molar-refractivity contribution in [1.29, 1.82) is 0 Å². The van der Waals surface area contributed by atoms with Gasteiger partial charge in [0.1, 0.15) is 0 Å². The van der Waals surface area contributed by atoms with E-state index in [1.807, 2.05) is 18.5 Å². The summed E-state index contributed by atoms with van der Waals surface area (Å²) in [6.07, 6.45) is 7.15. The summed E-state index contributed by atoms with van der Waals surface area (Å²) >= 11 is 0. The molecule has 4 atom stereocenters. The van der Waals surface area contributed by atoms with Gasteiger partial charge in [0.15, 0.2) is 5.96 Å². The zero-order valence-electron chi connectivity index (χ0n) is 17.4. The fourth-order valence-corrected chi connectivity index (χ4v) is 5.48. The van der Waals surface area contributed by atoms with Crippen molar-refractivity contribution >= 4 is 11.9 Å². The van der Waals surface area contributed by atoms with Crippen LogP contribution in [-0.2, 0) is 4.74 Å². The van der Waals surface area contributed by atoms with Crippen LogP contribution in [0.4, 0.5) is 5.95 Å². The van der Waals surface area contributed by atoms with Crippen LogP contribution < -0.4 is 10.2 Å². The smallest absolute Gasteiger partial charge is 0.225 e. The quantitative estimate of drug-likeness (QED) is 0.577. The summed E-state index contributed by atoms with van der Waals surface area (Å²) in [7, 11) is 0. The van der Waals surface area contributed by atoms with Crippen LogP contribution in [0.3, 0.4) is 0 Å². The number of aliphatic imine (C=N–C) groups is 1. The molecule has 1 aromatic rings. The lowest BCUT2D eigenvalue weighted by atomic mass is 9.82. The van der Waals surface area contributed by atoms with Crippen molar-refractivity contribution in [2.75, 3.05) is 63.8 Å². The van der Waals surface area contributed by atoms with E-state index >= 15 is 0 Å². The molecule has 0 saturated carbocycles. The maximum absolute atomic E-state index is 6.12. The second-order valence-corrected chi connectivity index (χ2v) is 8.64. The summed E-state index contributed by atoms with van der Waals surface area (Å²) in [4.78, 5) is 21.0. The van der Waals surface area contributed by atoms with Gasteiger partial charge in [-0.25, -0.2) is 9.97 Å². The van der Waals surface area contributed by atoms with Crippen molar-refractivity contribution < 1.29 is 4.74 Å². The third-order valence-corrected chi connectivity index (χ3v) is 6.97. The lowest BCUT2D eigenvalue weighted by molar-refractivity contribution is 0.0767. The molecular formula is C21H33N7O. The predicted octanol–water partition coefficient (Wildman–Crippen LogP) is 0.673. The zero-order chi connectivity index (χ0) is 19.6. The minimum atomic E-state index is 0.503. The third kappa shape index (κ3) is 3.92. The Labute approximate surface area is 173 Å². The first kappa shape index (κ1) is 19.1. The van der Waals surface area contributed by atoms with E-state index < -0.39 is 0 Å². The molecule has 4 unspecified atom stereocenters. The molecule has 0 amide bonds. The zero-order valence-corrected chi connectivity index (χ0v) is 17.4. The Morgan fingerprint density at radius 1 is 1.10 bits per heavy atom. The highest BCUT2D eigenvalue weighted by molar-refractivity contribution is 5.80. The number of guanidine groups is 1. The summed E-state index contributed by atoms with van der Waals surface area (Å²) in [5, 5.41) is 3.52. The van der Waals surface area contributed by atoms with E-state index in [-0.39, 0.29) is 0 Å². The van der Waals surface area contributed by atoms with Crippen LogP contribution in [0.1, 0.15) is 19.8 Å². The second-order valence-electron chi connectivity index (χ2n) is 8.64. The molecule has 4 aliphatic heterocycles. The third-order valence-electron chi connectivity index (χ3n) is 6.97. The van der Waals surface area contributed by atoms with Gasteiger partial charge < -0.3 is 19.9 Å². The molecule has 0 aromatic carbocycles.